The number of carbonyl (C=O) groups is 1. The Balaban J connectivity index is 1.40. The van der Waals surface area contributed by atoms with Crippen molar-refractivity contribution in [2.45, 2.75) is 18.9 Å². The van der Waals surface area contributed by atoms with Gasteiger partial charge in [-0.1, -0.05) is 0 Å². The van der Waals surface area contributed by atoms with Crippen LogP contribution in [0, 0.1) is 0 Å². The first kappa shape index (κ1) is 20.2. The summed E-state index contributed by atoms with van der Waals surface area (Å²) in [5.41, 5.74) is 5.43. The Labute approximate surface area is 183 Å². The van der Waals surface area contributed by atoms with E-state index < -0.39 is 6.09 Å². The summed E-state index contributed by atoms with van der Waals surface area (Å²) in [6, 6.07) is 22.7. The van der Waals surface area contributed by atoms with Crippen LogP contribution in [0.2, 0.25) is 0 Å². The quantitative estimate of drug-likeness (QED) is 0.431. The fourth-order valence-electron chi connectivity index (χ4n) is 3.63. The van der Waals surface area contributed by atoms with E-state index in [4.69, 9.17) is 4.74 Å². The first-order valence-corrected chi connectivity index (χ1v) is 10.5. The van der Waals surface area contributed by atoms with E-state index in [9.17, 15) is 9.90 Å². The van der Waals surface area contributed by atoms with Gasteiger partial charge in [-0.15, -0.1) is 0 Å². The number of aromatic hydroxyl groups is 1. The van der Waals surface area contributed by atoms with Gasteiger partial charge in [0.2, 0.25) is 0 Å². The third-order valence-corrected chi connectivity index (χ3v) is 6.07. The van der Waals surface area contributed by atoms with Crippen LogP contribution in [-0.4, -0.2) is 44.5 Å². The van der Waals surface area contributed by atoms with Crippen LogP contribution in [0.1, 0.15) is 24.0 Å². The number of alkyl carbamates (subject to hydrolysis) is 1. The second kappa shape index (κ2) is 8.74. The zero-order chi connectivity index (χ0) is 21.1. The van der Waals surface area contributed by atoms with Gasteiger partial charge in [-0.2, -0.15) is 0 Å². The Morgan fingerprint density at radius 3 is 2.20 bits per heavy atom. The van der Waals surface area contributed by atoms with E-state index in [1.807, 2.05) is 31.2 Å². The number of phenols is 1. The van der Waals surface area contributed by atoms with Crippen LogP contribution in [0.15, 0.2) is 77.8 Å². The first-order valence-electron chi connectivity index (χ1n) is 9.69. The van der Waals surface area contributed by atoms with Crippen molar-refractivity contribution in [1.82, 2.24) is 5.32 Å². The molecule has 0 aliphatic heterocycles. The Kier molecular flexibility index (Phi) is 5.88. The average molecular weight is 464 g/mol. The molecular formula is C24H21N2O3Se. The molecule has 0 saturated heterocycles. The minimum atomic E-state index is -0.488. The van der Waals surface area contributed by atoms with E-state index >= 15 is 0 Å². The van der Waals surface area contributed by atoms with Gasteiger partial charge >= 0.3 is 184 Å². The number of fused-ring (bicyclic) bond motifs is 3. The predicted octanol–water partition coefficient (Wildman–Crippen LogP) is 4.52. The van der Waals surface area contributed by atoms with Gasteiger partial charge < -0.3 is 0 Å². The van der Waals surface area contributed by atoms with Crippen LogP contribution < -0.4 is 5.32 Å². The number of hydrogen-bond acceptors (Lipinski definition) is 4. The molecule has 1 amide bonds. The number of benzene rings is 3. The standard InChI is InChI=1S/C24H21N2O3Se/c1-15(23(30)26-16-10-12-17(27)13-11-16)25-24(28)29-14-22-20-8-4-2-6-18(20)19-7-3-5-9-21(19)22/h2-13,15,22,27H,14H2,1H3,(H,25,28)/t15-/m0/s1. The molecule has 1 aliphatic carbocycles. The number of aliphatic imine (C=N–C) groups is 1. The number of carbonyl (C=O) groups excluding carboxylic acids is 1. The van der Waals surface area contributed by atoms with Crippen LogP contribution >= 0.6 is 0 Å². The first-order chi connectivity index (χ1) is 14.5. The monoisotopic (exact) mass is 465 g/mol. The Bertz CT molecular complexity index is 1050. The summed E-state index contributed by atoms with van der Waals surface area (Å²) < 4.78 is 6.19. The van der Waals surface area contributed by atoms with Crippen molar-refractivity contribution in [2.24, 2.45) is 4.99 Å². The third-order valence-electron chi connectivity index (χ3n) is 5.14. The molecular weight excluding hydrogens is 443 g/mol. The predicted molar refractivity (Wildman–Crippen MR) is 119 cm³/mol. The van der Waals surface area contributed by atoms with Crippen molar-refractivity contribution in [3.63, 3.8) is 0 Å². The maximum absolute atomic E-state index is 12.4. The Morgan fingerprint density at radius 1 is 1.03 bits per heavy atom. The topological polar surface area (TPSA) is 70.9 Å². The van der Waals surface area contributed by atoms with Crippen LogP contribution in [0.3, 0.4) is 0 Å². The molecule has 0 bridgehead atoms. The van der Waals surface area contributed by atoms with Crippen LogP contribution in [0.4, 0.5) is 10.5 Å². The third kappa shape index (κ3) is 4.25. The van der Waals surface area contributed by atoms with E-state index in [2.05, 4.69) is 50.6 Å². The molecule has 0 spiro atoms. The summed E-state index contributed by atoms with van der Waals surface area (Å²) >= 11 is 2.89. The SMILES string of the molecule is C[C@H](NC(=O)OCC1c2ccccc2-c2ccccc21)C([Se])=Nc1ccc(O)cc1. The van der Waals surface area contributed by atoms with E-state index in [0.29, 0.717) is 10.3 Å². The molecule has 1 radical (unpaired) electrons. The number of nitrogens with one attached hydrogen (secondary N) is 1. The molecule has 3 aromatic carbocycles. The van der Waals surface area contributed by atoms with Crippen LogP contribution in [0.5, 0.6) is 5.75 Å². The second-order valence-corrected chi connectivity index (χ2v) is 8.04. The summed E-state index contributed by atoms with van der Waals surface area (Å²) in [6.45, 7) is 2.10. The molecule has 30 heavy (non-hydrogen) atoms. The zero-order valence-electron chi connectivity index (χ0n) is 16.4. The molecule has 3 aromatic rings. The summed E-state index contributed by atoms with van der Waals surface area (Å²) in [5, 5.41) is 12.2. The number of amides is 1. The second-order valence-electron chi connectivity index (χ2n) is 7.16. The van der Waals surface area contributed by atoms with Gasteiger partial charge in [-0.25, -0.2) is 0 Å². The van der Waals surface area contributed by atoms with E-state index in [-0.39, 0.29) is 24.3 Å². The molecule has 4 rings (SSSR count). The molecule has 0 saturated carbocycles. The molecule has 0 heterocycles. The number of phenolic OH excluding ortho intramolecular Hbond substituents is 1. The fourth-order valence-corrected chi connectivity index (χ4v) is 3.97. The molecule has 1 atom stereocenters. The van der Waals surface area contributed by atoms with Gasteiger partial charge in [0.25, 0.3) is 0 Å². The molecule has 6 heteroatoms. The molecule has 151 valence electrons. The van der Waals surface area contributed by atoms with Gasteiger partial charge in [0.15, 0.2) is 0 Å². The van der Waals surface area contributed by atoms with E-state index in [0.717, 1.165) is 0 Å². The number of ether oxygens (including phenoxy) is 1. The van der Waals surface area contributed by atoms with Gasteiger partial charge in [0, 0.05) is 0 Å². The number of hydrogen-bond donors (Lipinski definition) is 2. The normalized spacial score (nSPS) is 14.0. The molecule has 0 unspecified atom stereocenters. The minimum absolute atomic E-state index is 0.0248. The summed E-state index contributed by atoms with van der Waals surface area (Å²) in [7, 11) is 0. The summed E-state index contributed by atoms with van der Waals surface area (Å²) in [4.78, 5) is 16.8. The van der Waals surface area contributed by atoms with Crippen molar-refractivity contribution < 1.29 is 14.6 Å². The fraction of sp³-hybridized carbons (Fsp3) is 0.167. The number of rotatable bonds is 5. The van der Waals surface area contributed by atoms with Gasteiger partial charge in [0.1, 0.15) is 0 Å². The summed E-state index contributed by atoms with van der Waals surface area (Å²) in [5.74, 6) is 0.206. The van der Waals surface area contributed by atoms with Crippen molar-refractivity contribution in [3.8, 4) is 16.9 Å². The Hall–Kier alpha value is -3.08. The van der Waals surface area contributed by atoms with Crippen molar-refractivity contribution in [2.75, 3.05) is 6.61 Å². The van der Waals surface area contributed by atoms with E-state index in [1.165, 1.54) is 22.3 Å². The van der Waals surface area contributed by atoms with Crippen molar-refractivity contribution in [3.05, 3.63) is 83.9 Å². The van der Waals surface area contributed by atoms with Gasteiger partial charge in [0.05, 0.1) is 0 Å². The van der Waals surface area contributed by atoms with Crippen molar-refractivity contribution >= 4 is 32.4 Å². The maximum atomic E-state index is 12.4. The number of nitrogens with zero attached hydrogens (tertiary/aromatic N) is 1. The van der Waals surface area contributed by atoms with E-state index in [1.54, 1.807) is 24.3 Å². The average Bonchev–Trinajstić information content (AvgIpc) is 3.07. The molecule has 0 fully saturated rings. The Morgan fingerprint density at radius 2 is 1.60 bits per heavy atom. The van der Waals surface area contributed by atoms with Gasteiger partial charge in [-0.05, 0) is 0 Å². The van der Waals surface area contributed by atoms with Crippen LogP contribution in [-0.2, 0) is 4.74 Å². The molecule has 0 aromatic heterocycles. The van der Waals surface area contributed by atoms with Crippen molar-refractivity contribution in [1.29, 1.82) is 0 Å². The van der Waals surface area contributed by atoms with Gasteiger partial charge in [-0.3, -0.25) is 0 Å². The zero-order valence-corrected chi connectivity index (χ0v) is 18.1. The summed E-state index contributed by atoms with van der Waals surface area (Å²) in [6.07, 6.45) is -0.488. The van der Waals surface area contributed by atoms with Crippen LogP contribution in [0.25, 0.3) is 11.1 Å². The molecule has 1 aliphatic rings. The molecule has 5 nitrogen and oxygen atoms in total. The molecule has 2 N–H and O–H groups in total.